The van der Waals surface area contributed by atoms with Gasteiger partial charge in [-0.3, -0.25) is 9.59 Å². The van der Waals surface area contributed by atoms with Crippen LogP contribution in [0.15, 0.2) is 18.2 Å². The Labute approximate surface area is 107 Å². The maximum absolute atomic E-state index is 11.1. The van der Waals surface area contributed by atoms with Gasteiger partial charge in [-0.2, -0.15) is 0 Å². The highest BCUT2D eigenvalue weighted by molar-refractivity contribution is 6.42. The number of hydrogen-bond acceptors (Lipinski definition) is 3. The molecule has 6 heteroatoms. The van der Waals surface area contributed by atoms with Gasteiger partial charge >= 0.3 is 11.9 Å². The van der Waals surface area contributed by atoms with Crippen LogP contribution in [0.3, 0.4) is 0 Å². The normalized spacial score (nSPS) is 23.5. The number of cyclic esters (lactones) is 1. The highest BCUT2D eigenvalue weighted by atomic mass is 35.5. The Kier molecular flexibility index (Phi) is 3.26. The van der Waals surface area contributed by atoms with Gasteiger partial charge in [-0.25, -0.2) is 0 Å². The van der Waals surface area contributed by atoms with Crippen molar-refractivity contribution in [3.05, 3.63) is 33.8 Å². The number of rotatable bonds is 2. The predicted molar refractivity (Wildman–Crippen MR) is 61.0 cm³/mol. The van der Waals surface area contributed by atoms with E-state index < -0.39 is 24.0 Å². The molecule has 0 unspecified atom stereocenters. The minimum absolute atomic E-state index is 0.125. The number of esters is 1. The summed E-state index contributed by atoms with van der Waals surface area (Å²) >= 11 is 11.6. The molecule has 1 fully saturated rings. The third-order valence-electron chi connectivity index (χ3n) is 2.60. The fourth-order valence-corrected chi connectivity index (χ4v) is 2.07. The first kappa shape index (κ1) is 12.2. The first-order valence-electron chi connectivity index (χ1n) is 4.86. The summed E-state index contributed by atoms with van der Waals surface area (Å²) in [6.45, 7) is 0. The standard InChI is InChI=1S/C11H8Cl2O4/c12-7-2-1-5(3-8(7)13)10-6(11(15)16)4-9(14)17-10/h1-3,6,10H,4H2,(H,15,16)/t6-,10-/m0/s1. The monoisotopic (exact) mass is 274 g/mol. The van der Waals surface area contributed by atoms with Crippen molar-refractivity contribution in [1.29, 1.82) is 0 Å². The lowest BCUT2D eigenvalue weighted by atomic mass is 9.95. The van der Waals surface area contributed by atoms with Crippen LogP contribution in [0.2, 0.25) is 10.0 Å². The summed E-state index contributed by atoms with van der Waals surface area (Å²) in [6, 6.07) is 4.67. The molecule has 1 aromatic rings. The molecule has 0 radical (unpaired) electrons. The van der Waals surface area contributed by atoms with E-state index >= 15 is 0 Å². The Morgan fingerprint density at radius 1 is 1.35 bits per heavy atom. The molecule has 90 valence electrons. The number of carbonyl (C=O) groups is 2. The van der Waals surface area contributed by atoms with Gasteiger partial charge in [-0.1, -0.05) is 29.3 Å². The van der Waals surface area contributed by atoms with Crippen LogP contribution < -0.4 is 0 Å². The fourth-order valence-electron chi connectivity index (χ4n) is 1.76. The predicted octanol–water partition coefficient (Wildman–Crippen LogP) is 2.68. The second kappa shape index (κ2) is 4.55. The lowest BCUT2D eigenvalue weighted by Gasteiger charge is -2.14. The minimum atomic E-state index is -1.06. The lowest BCUT2D eigenvalue weighted by Crippen LogP contribution is -2.17. The molecule has 0 amide bonds. The van der Waals surface area contributed by atoms with Gasteiger partial charge < -0.3 is 9.84 Å². The molecule has 2 rings (SSSR count). The van der Waals surface area contributed by atoms with E-state index in [0.29, 0.717) is 15.6 Å². The van der Waals surface area contributed by atoms with E-state index in [0.717, 1.165) is 0 Å². The van der Waals surface area contributed by atoms with Crippen LogP contribution in [0.5, 0.6) is 0 Å². The highest BCUT2D eigenvalue weighted by Gasteiger charge is 2.40. The zero-order valence-corrected chi connectivity index (χ0v) is 10.0. The zero-order chi connectivity index (χ0) is 12.6. The van der Waals surface area contributed by atoms with Gasteiger partial charge in [0.25, 0.3) is 0 Å². The first-order valence-corrected chi connectivity index (χ1v) is 5.62. The van der Waals surface area contributed by atoms with Gasteiger partial charge in [-0.15, -0.1) is 0 Å². The maximum atomic E-state index is 11.1. The van der Waals surface area contributed by atoms with E-state index in [1.807, 2.05) is 0 Å². The van der Waals surface area contributed by atoms with E-state index in [-0.39, 0.29) is 6.42 Å². The van der Waals surface area contributed by atoms with Crippen molar-refractivity contribution in [3.63, 3.8) is 0 Å². The van der Waals surface area contributed by atoms with Gasteiger partial charge in [0.2, 0.25) is 0 Å². The summed E-state index contributed by atoms with van der Waals surface area (Å²) in [4.78, 5) is 22.1. The van der Waals surface area contributed by atoms with Crippen molar-refractivity contribution in [1.82, 2.24) is 0 Å². The summed E-state index contributed by atoms with van der Waals surface area (Å²) in [7, 11) is 0. The Morgan fingerprint density at radius 3 is 2.65 bits per heavy atom. The van der Waals surface area contributed by atoms with Crippen LogP contribution >= 0.6 is 23.2 Å². The molecule has 1 aromatic carbocycles. The molecule has 0 bridgehead atoms. The summed E-state index contributed by atoms with van der Waals surface area (Å²) in [5, 5.41) is 9.66. The van der Waals surface area contributed by atoms with Crippen molar-refractivity contribution in [2.75, 3.05) is 0 Å². The van der Waals surface area contributed by atoms with Gasteiger partial charge in [-0.05, 0) is 17.7 Å². The number of aliphatic carboxylic acids is 1. The Hall–Kier alpha value is -1.26. The van der Waals surface area contributed by atoms with Gasteiger partial charge in [0.05, 0.1) is 16.5 Å². The average molecular weight is 275 g/mol. The Balaban J connectivity index is 2.34. The van der Waals surface area contributed by atoms with Crippen LogP contribution in [0.4, 0.5) is 0 Å². The number of carboxylic acid groups (broad SMARTS) is 1. The second-order valence-electron chi connectivity index (χ2n) is 3.73. The molecular weight excluding hydrogens is 267 g/mol. The van der Waals surface area contributed by atoms with E-state index in [2.05, 4.69) is 0 Å². The lowest BCUT2D eigenvalue weighted by molar-refractivity contribution is -0.144. The Morgan fingerprint density at radius 2 is 2.06 bits per heavy atom. The zero-order valence-electron chi connectivity index (χ0n) is 8.52. The van der Waals surface area contributed by atoms with Crippen molar-refractivity contribution in [3.8, 4) is 0 Å². The number of carbonyl (C=O) groups excluding carboxylic acids is 1. The maximum Gasteiger partial charge on any atom is 0.311 e. The molecule has 2 atom stereocenters. The molecule has 1 heterocycles. The van der Waals surface area contributed by atoms with Crippen LogP contribution in [-0.2, 0) is 14.3 Å². The molecule has 0 saturated carbocycles. The first-order chi connectivity index (χ1) is 7.99. The van der Waals surface area contributed by atoms with Crippen LogP contribution in [0.1, 0.15) is 18.1 Å². The number of carboxylic acids is 1. The van der Waals surface area contributed by atoms with Crippen molar-refractivity contribution in [2.24, 2.45) is 5.92 Å². The van der Waals surface area contributed by atoms with Gasteiger partial charge in [0, 0.05) is 0 Å². The molecule has 1 saturated heterocycles. The largest absolute Gasteiger partial charge is 0.481 e. The smallest absolute Gasteiger partial charge is 0.311 e. The molecule has 1 aliphatic heterocycles. The molecule has 1 N–H and O–H groups in total. The summed E-state index contributed by atoms with van der Waals surface area (Å²) in [5.74, 6) is -2.46. The molecular formula is C11H8Cl2O4. The second-order valence-corrected chi connectivity index (χ2v) is 4.55. The quantitative estimate of drug-likeness (QED) is 0.843. The highest BCUT2D eigenvalue weighted by Crippen LogP contribution is 2.37. The summed E-state index contributed by atoms with van der Waals surface area (Å²) in [5.41, 5.74) is 0.539. The molecule has 17 heavy (non-hydrogen) atoms. The van der Waals surface area contributed by atoms with Crippen molar-refractivity contribution in [2.45, 2.75) is 12.5 Å². The topological polar surface area (TPSA) is 63.6 Å². The van der Waals surface area contributed by atoms with E-state index in [1.165, 1.54) is 6.07 Å². The van der Waals surface area contributed by atoms with Crippen LogP contribution in [-0.4, -0.2) is 17.0 Å². The third kappa shape index (κ3) is 2.37. The number of ether oxygens (including phenoxy) is 1. The molecule has 1 aliphatic rings. The van der Waals surface area contributed by atoms with Crippen LogP contribution in [0.25, 0.3) is 0 Å². The minimum Gasteiger partial charge on any atom is -0.481 e. The van der Waals surface area contributed by atoms with Crippen LogP contribution in [0, 0.1) is 5.92 Å². The summed E-state index contributed by atoms with van der Waals surface area (Å²) < 4.78 is 4.99. The average Bonchev–Trinajstić information content (AvgIpc) is 2.64. The summed E-state index contributed by atoms with van der Waals surface area (Å²) in [6.07, 6.45) is -0.921. The van der Waals surface area contributed by atoms with E-state index in [1.54, 1.807) is 12.1 Å². The number of halogens is 2. The van der Waals surface area contributed by atoms with E-state index in [9.17, 15) is 9.59 Å². The molecule has 4 nitrogen and oxygen atoms in total. The van der Waals surface area contributed by atoms with E-state index in [4.69, 9.17) is 33.0 Å². The Bertz CT molecular complexity index is 486. The van der Waals surface area contributed by atoms with Crippen molar-refractivity contribution < 1.29 is 19.4 Å². The fraction of sp³-hybridized carbons (Fsp3) is 0.273. The van der Waals surface area contributed by atoms with Gasteiger partial charge in [0.15, 0.2) is 0 Å². The molecule has 0 spiro atoms. The SMILES string of the molecule is O=C1C[C@H](C(=O)O)[C@H](c2ccc(Cl)c(Cl)c2)O1. The molecule has 0 aromatic heterocycles. The van der Waals surface area contributed by atoms with Gasteiger partial charge in [0.1, 0.15) is 12.0 Å². The van der Waals surface area contributed by atoms with Crippen molar-refractivity contribution >= 4 is 35.1 Å². The number of benzene rings is 1. The third-order valence-corrected chi connectivity index (χ3v) is 3.34. The number of hydrogen-bond donors (Lipinski definition) is 1. The molecule has 0 aliphatic carbocycles.